The van der Waals surface area contributed by atoms with Gasteiger partial charge in [-0.15, -0.1) is 0 Å². The molecule has 0 saturated carbocycles. The van der Waals surface area contributed by atoms with Crippen molar-refractivity contribution < 1.29 is 26.1 Å². The Hall–Kier alpha value is 0.635. The van der Waals surface area contributed by atoms with Crippen molar-refractivity contribution in [3.05, 3.63) is 17.0 Å². The van der Waals surface area contributed by atoms with Crippen molar-refractivity contribution in [1.29, 1.82) is 0 Å². The number of thiophene rings is 1. The molecule has 0 radical (unpaired) electrons. The van der Waals surface area contributed by atoms with E-state index < -0.39 is 0 Å². The summed E-state index contributed by atoms with van der Waals surface area (Å²) in [4.78, 5) is 0. The Balaban J connectivity index is 2.92. The van der Waals surface area contributed by atoms with Gasteiger partial charge in [0.15, 0.2) is 0 Å². The van der Waals surface area contributed by atoms with Crippen LogP contribution in [0.1, 0.15) is 12.5 Å². The summed E-state index contributed by atoms with van der Waals surface area (Å²) in [5.74, 6) is 0. The molecule has 1 heterocycles. The Kier molecular flexibility index (Phi) is 2.51. The fourth-order valence-electron chi connectivity index (χ4n) is 0.682. The van der Waals surface area contributed by atoms with Crippen molar-refractivity contribution >= 4 is 13.7 Å². The quantitative estimate of drug-likeness (QED) is 0.689. The first-order valence-corrected chi connectivity index (χ1v) is 6.35. The first-order valence-electron chi connectivity index (χ1n) is 2.73. The summed E-state index contributed by atoms with van der Waals surface area (Å²) in [6.07, 6.45) is 1.22. The van der Waals surface area contributed by atoms with Crippen LogP contribution < -0.4 is 2.39 Å². The molecule has 0 nitrogen and oxygen atoms in total. The summed E-state index contributed by atoms with van der Waals surface area (Å²) in [6, 6.07) is 2.24. The van der Waals surface area contributed by atoms with E-state index in [1.807, 2.05) is 11.3 Å². The Morgan fingerprint density at radius 2 is 2.50 bits per heavy atom. The van der Waals surface area contributed by atoms with Gasteiger partial charge in [0.1, 0.15) is 0 Å². The van der Waals surface area contributed by atoms with E-state index in [0.29, 0.717) is 0 Å². The van der Waals surface area contributed by atoms with E-state index in [1.165, 1.54) is 6.42 Å². The van der Waals surface area contributed by atoms with Gasteiger partial charge >= 0.3 is 70.2 Å². The Labute approximate surface area is 69.9 Å². The molecule has 0 aliphatic heterocycles. The predicted octanol–water partition coefficient (Wildman–Crippen LogP) is 1.48. The third-order valence-corrected chi connectivity index (χ3v) is 5.75. The zero-order valence-electron chi connectivity index (χ0n) is 4.98. The first-order chi connectivity index (χ1) is 3.84. The van der Waals surface area contributed by atoms with Crippen LogP contribution in [0.4, 0.5) is 0 Å². The Morgan fingerprint density at radius 1 is 1.75 bits per heavy atom. The van der Waals surface area contributed by atoms with Gasteiger partial charge in [-0.3, -0.25) is 0 Å². The SMILES string of the molecule is CCc1ccs[c]1[Hg]. The molecule has 2 heteroatoms. The van der Waals surface area contributed by atoms with Crippen molar-refractivity contribution in [3.63, 3.8) is 0 Å². The van der Waals surface area contributed by atoms with Crippen LogP contribution in [0, 0.1) is 0 Å². The van der Waals surface area contributed by atoms with Crippen molar-refractivity contribution in [2.45, 2.75) is 13.3 Å². The van der Waals surface area contributed by atoms with E-state index in [4.69, 9.17) is 0 Å². The van der Waals surface area contributed by atoms with Crippen molar-refractivity contribution in [2.75, 3.05) is 0 Å². The van der Waals surface area contributed by atoms with E-state index in [0.717, 1.165) is 26.1 Å². The molecule has 1 rings (SSSR count). The maximum atomic E-state index is 2.24. The Morgan fingerprint density at radius 3 is 2.75 bits per heavy atom. The molecule has 1 aromatic rings. The molecule has 0 fully saturated rings. The summed E-state index contributed by atoms with van der Waals surface area (Å²) < 4.78 is 1.66. The fourth-order valence-corrected chi connectivity index (χ4v) is 3.99. The second kappa shape index (κ2) is 2.97. The summed E-state index contributed by atoms with van der Waals surface area (Å²) >= 11 is 2.76. The number of rotatable bonds is 1. The van der Waals surface area contributed by atoms with Crippen LogP contribution in [0.15, 0.2) is 11.4 Å². The average Bonchev–Trinajstić information content (AvgIpc) is 2.14. The third kappa shape index (κ3) is 1.32. The van der Waals surface area contributed by atoms with Crippen LogP contribution in [-0.2, 0) is 32.5 Å². The summed E-state index contributed by atoms with van der Waals surface area (Å²) in [5.41, 5.74) is 1.58. The molecule has 0 aromatic carbocycles. The Bertz CT molecular complexity index is 169. The van der Waals surface area contributed by atoms with Crippen LogP contribution in [0.2, 0.25) is 0 Å². The zero-order chi connectivity index (χ0) is 5.98. The standard InChI is InChI=1S/C6H7S.Hg/c1-2-6-3-4-7-5-6;/h3-4H,2H2,1H3;. The van der Waals surface area contributed by atoms with Crippen molar-refractivity contribution in [1.82, 2.24) is 0 Å². The van der Waals surface area contributed by atoms with Crippen LogP contribution >= 0.6 is 11.3 Å². The van der Waals surface area contributed by atoms with Crippen molar-refractivity contribution in [3.8, 4) is 0 Å². The molecule has 0 aliphatic rings. The number of aryl methyl sites for hydroxylation is 1. The van der Waals surface area contributed by atoms with Gasteiger partial charge in [0.2, 0.25) is 0 Å². The van der Waals surface area contributed by atoms with Gasteiger partial charge < -0.3 is 0 Å². The molecule has 0 bridgehead atoms. The molecule has 0 atom stereocenters. The number of hydrogen-bond donors (Lipinski definition) is 0. The van der Waals surface area contributed by atoms with E-state index in [1.54, 1.807) is 7.95 Å². The monoisotopic (exact) mass is 313 g/mol. The van der Waals surface area contributed by atoms with Gasteiger partial charge in [-0.2, -0.15) is 0 Å². The van der Waals surface area contributed by atoms with E-state index in [9.17, 15) is 0 Å². The maximum absolute atomic E-state index is 2.24. The zero-order valence-corrected chi connectivity index (χ0v) is 11.3. The minimum atomic E-state index is 0.848. The second-order valence-corrected chi connectivity index (χ2v) is 7.46. The fraction of sp³-hybridized carbons (Fsp3) is 0.333. The summed E-state index contributed by atoms with van der Waals surface area (Å²) in [5, 5.41) is 2.20. The third-order valence-electron chi connectivity index (χ3n) is 1.22. The van der Waals surface area contributed by atoms with Gasteiger partial charge in [-0.05, 0) is 0 Å². The van der Waals surface area contributed by atoms with Crippen LogP contribution in [0.25, 0.3) is 0 Å². The van der Waals surface area contributed by atoms with Crippen LogP contribution in [0.3, 0.4) is 0 Å². The minimum absolute atomic E-state index is 0.848. The normalized spacial score (nSPS) is 9.88. The molecule has 0 aliphatic carbocycles. The molecule has 39 valence electrons. The molecule has 0 saturated heterocycles. The molecular formula is C6H7HgS. The van der Waals surface area contributed by atoms with E-state index in [2.05, 4.69) is 18.4 Å². The molecule has 1 aromatic heterocycles. The molecule has 8 heavy (non-hydrogen) atoms. The summed E-state index contributed by atoms with van der Waals surface area (Å²) in [7, 11) is 0. The van der Waals surface area contributed by atoms with Gasteiger partial charge in [0.25, 0.3) is 0 Å². The topological polar surface area (TPSA) is 0 Å². The number of hydrogen-bond acceptors (Lipinski definition) is 1. The van der Waals surface area contributed by atoms with Gasteiger partial charge in [-0.1, -0.05) is 0 Å². The molecule has 0 unspecified atom stereocenters. The predicted molar refractivity (Wildman–Crippen MR) is 33.3 cm³/mol. The molecular weight excluding hydrogens is 305 g/mol. The van der Waals surface area contributed by atoms with Gasteiger partial charge in [0, 0.05) is 0 Å². The average molecular weight is 312 g/mol. The molecule has 0 amide bonds. The van der Waals surface area contributed by atoms with Gasteiger partial charge in [0.05, 0.1) is 0 Å². The van der Waals surface area contributed by atoms with E-state index >= 15 is 0 Å². The van der Waals surface area contributed by atoms with Crippen LogP contribution in [0.5, 0.6) is 0 Å². The van der Waals surface area contributed by atoms with Gasteiger partial charge in [-0.25, -0.2) is 0 Å². The van der Waals surface area contributed by atoms with E-state index in [-0.39, 0.29) is 0 Å². The summed E-state index contributed by atoms with van der Waals surface area (Å²) in [6.45, 7) is 2.22. The molecule has 0 spiro atoms. The first kappa shape index (κ1) is 6.75. The second-order valence-electron chi connectivity index (χ2n) is 1.72. The van der Waals surface area contributed by atoms with Crippen LogP contribution in [-0.4, -0.2) is 0 Å². The molecule has 0 N–H and O–H groups in total. The van der Waals surface area contributed by atoms with Crippen molar-refractivity contribution in [2.24, 2.45) is 0 Å².